The molecule has 0 aliphatic carbocycles. The number of rotatable bonds is 3. The minimum absolute atomic E-state index is 0.325. The highest BCUT2D eigenvalue weighted by Gasteiger charge is 2.35. The number of H-pyrrole nitrogens is 1. The summed E-state index contributed by atoms with van der Waals surface area (Å²) in [5, 5.41) is 1.20. The van der Waals surface area contributed by atoms with Crippen molar-refractivity contribution in [1.29, 1.82) is 0 Å². The number of hydrogen-bond donors (Lipinski definition) is 1. The van der Waals surface area contributed by atoms with E-state index in [2.05, 4.69) is 28.1 Å². The number of methoxy groups -OCH3 is 1. The van der Waals surface area contributed by atoms with Crippen LogP contribution < -0.4 is 4.74 Å². The molecule has 1 aromatic carbocycles. The first-order chi connectivity index (χ1) is 12.1. The number of piperidine rings is 1. The van der Waals surface area contributed by atoms with Crippen LogP contribution in [0.2, 0.25) is 0 Å². The summed E-state index contributed by atoms with van der Waals surface area (Å²) in [6, 6.07) is 8.81. The molecule has 4 rings (SSSR count). The van der Waals surface area contributed by atoms with Crippen LogP contribution in [0.15, 0.2) is 24.3 Å². The summed E-state index contributed by atoms with van der Waals surface area (Å²) < 4.78 is 5.31. The summed E-state index contributed by atoms with van der Waals surface area (Å²) in [4.78, 5) is 20.2. The van der Waals surface area contributed by atoms with Crippen LogP contribution >= 0.6 is 0 Å². The van der Waals surface area contributed by atoms with Gasteiger partial charge in [-0.1, -0.05) is 0 Å². The van der Waals surface area contributed by atoms with Crippen molar-refractivity contribution in [2.45, 2.75) is 38.3 Å². The molecule has 1 N–H and O–H groups in total. The van der Waals surface area contributed by atoms with Gasteiger partial charge >= 0.3 is 0 Å². The van der Waals surface area contributed by atoms with E-state index in [1.54, 1.807) is 7.11 Å². The normalized spacial score (nSPS) is 25.0. The van der Waals surface area contributed by atoms with Gasteiger partial charge < -0.3 is 14.6 Å². The number of likely N-dealkylation sites (tertiary alicyclic amines) is 2. The molecule has 0 spiro atoms. The van der Waals surface area contributed by atoms with Crippen LogP contribution in [0.5, 0.6) is 5.75 Å². The predicted octanol–water partition coefficient (Wildman–Crippen LogP) is 3.01. The minimum atomic E-state index is 0.325. The number of carbonyl (C=O) groups is 1. The SMILES string of the molecule is COc1ccc2[nH]c(CN3CC[C@@H]4[C@H](CCCC(=O)N4C)C3)cc2c1. The van der Waals surface area contributed by atoms with Crippen molar-refractivity contribution in [2.24, 2.45) is 5.92 Å². The van der Waals surface area contributed by atoms with Crippen molar-refractivity contribution in [3.63, 3.8) is 0 Å². The molecule has 0 radical (unpaired) electrons. The molecular weight excluding hydrogens is 314 g/mol. The van der Waals surface area contributed by atoms with Gasteiger partial charge in [0.2, 0.25) is 5.91 Å². The molecule has 2 fully saturated rings. The number of aromatic amines is 1. The van der Waals surface area contributed by atoms with Gasteiger partial charge in [-0.3, -0.25) is 9.69 Å². The van der Waals surface area contributed by atoms with Crippen molar-refractivity contribution in [1.82, 2.24) is 14.8 Å². The number of carbonyl (C=O) groups excluding carboxylic acids is 1. The van der Waals surface area contributed by atoms with Crippen molar-refractivity contribution in [3.8, 4) is 5.75 Å². The highest BCUT2D eigenvalue weighted by atomic mass is 16.5. The lowest BCUT2D eigenvalue weighted by Crippen LogP contribution is -2.50. The highest BCUT2D eigenvalue weighted by Crippen LogP contribution is 2.30. The molecule has 0 bridgehead atoms. The first-order valence-corrected chi connectivity index (χ1v) is 9.27. The van der Waals surface area contributed by atoms with E-state index < -0.39 is 0 Å². The Kier molecular flexibility index (Phi) is 4.42. The lowest BCUT2D eigenvalue weighted by atomic mass is 9.88. The number of amides is 1. The fraction of sp³-hybridized carbons (Fsp3) is 0.550. The van der Waals surface area contributed by atoms with E-state index in [0.29, 0.717) is 24.3 Å². The van der Waals surface area contributed by atoms with Gasteiger partial charge in [-0.25, -0.2) is 0 Å². The Balaban J connectivity index is 1.46. The number of benzene rings is 1. The van der Waals surface area contributed by atoms with Gasteiger partial charge in [0.15, 0.2) is 0 Å². The average Bonchev–Trinajstić information content (AvgIpc) is 2.96. The van der Waals surface area contributed by atoms with Crippen molar-refractivity contribution < 1.29 is 9.53 Å². The largest absolute Gasteiger partial charge is 0.497 e. The molecule has 134 valence electrons. The molecule has 2 aliphatic heterocycles. The summed E-state index contributed by atoms with van der Waals surface area (Å²) in [6.45, 7) is 3.08. The highest BCUT2D eigenvalue weighted by molar-refractivity contribution is 5.82. The van der Waals surface area contributed by atoms with Gasteiger partial charge in [-0.15, -0.1) is 0 Å². The van der Waals surface area contributed by atoms with Gasteiger partial charge in [0.25, 0.3) is 0 Å². The maximum absolute atomic E-state index is 12.1. The summed E-state index contributed by atoms with van der Waals surface area (Å²) in [6.07, 6.45) is 4.00. The summed E-state index contributed by atoms with van der Waals surface area (Å²) in [5.74, 6) is 1.82. The molecule has 5 nitrogen and oxygen atoms in total. The molecule has 2 saturated heterocycles. The third-order valence-corrected chi connectivity index (χ3v) is 5.91. The van der Waals surface area contributed by atoms with Crippen LogP contribution in [0.25, 0.3) is 10.9 Å². The molecule has 2 aromatic rings. The molecule has 0 unspecified atom stereocenters. The fourth-order valence-corrected chi connectivity index (χ4v) is 4.53. The number of fused-ring (bicyclic) bond motifs is 2. The molecule has 1 amide bonds. The van der Waals surface area contributed by atoms with E-state index in [0.717, 1.165) is 43.7 Å². The summed E-state index contributed by atoms with van der Waals surface area (Å²) in [7, 11) is 3.69. The first kappa shape index (κ1) is 16.5. The van der Waals surface area contributed by atoms with Crippen molar-refractivity contribution >= 4 is 16.8 Å². The average molecular weight is 341 g/mol. The zero-order valence-corrected chi connectivity index (χ0v) is 15.1. The second-order valence-corrected chi connectivity index (χ2v) is 7.50. The second-order valence-electron chi connectivity index (χ2n) is 7.50. The molecular formula is C20H27N3O2. The Morgan fingerprint density at radius 2 is 2.16 bits per heavy atom. The van der Waals surface area contributed by atoms with Gasteiger partial charge in [-0.05, 0) is 49.4 Å². The molecule has 25 heavy (non-hydrogen) atoms. The van der Waals surface area contributed by atoms with E-state index in [1.807, 2.05) is 18.0 Å². The van der Waals surface area contributed by atoms with Crippen LogP contribution in [-0.4, -0.2) is 54.0 Å². The monoisotopic (exact) mass is 341 g/mol. The molecule has 2 atom stereocenters. The quantitative estimate of drug-likeness (QED) is 0.934. The Bertz CT molecular complexity index is 769. The molecule has 1 aromatic heterocycles. The van der Waals surface area contributed by atoms with E-state index in [-0.39, 0.29) is 0 Å². The van der Waals surface area contributed by atoms with Gasteiger partial charge in [0.1, 0.15) is 5.75 Å². The van der Waals surface area contributed by atoms with Crippen LogP contribution in [0, 0.1) is 5.92 Å². The maximum atomic E-state index is 12.1. The van der Waals surface area contributed by atoms with Crippen LogP contribution in [0.1, 0.15) is 31.4 Å². The zero-order valence-electron chi connectivity index (χ0n) is 15.1. The third kappa shape index (κ3) is 3.25. The Morgan fingerprint density at radius 1 is 1.28 bits per heavy atom. The van der Waals surface area contributed by atoms with Crippen molar-refractivity contribution in [3.05, 3.63) is 30.0 Å². The lowest BCUT2D eigenvalue weighted by molar-refractivity contribution is -0.132. The van der Waals surface area contributed by atoms with Crippen LogP contribution in [0.4, 0.5) is 0 Å². The summed E-state index contributed by atoms with van der Waals surface area (Å²) in [5.41, 5.74) is 2.41. The fourth-order valence-electron chi connectivity index (χ4n) is 4.53. The molecule has 5 heteroatoms. The van der Waals surface area contributed by atoms with Gasteiger partial charge in [-0.2, -0.15) is 0 Å². The number of nitrogens with zero attached hydrogens (tertiary/aromatic N) is 2. The molecule has 2 aliphatic rings. The second kappa shape index (κ2) is 6.71. The Labute approximate surface area is 148 Å². The smallest absolute Gasteiger partial charge is 0.222 e. The number of aromatic nitrogens is 1. The number of ether oxygens (including phenoxy) is 1. The Hall–Kier alpha value is -2.01. The van der Waals surface area contributed by atoms with E-state index in [1.165, 1.54) is 17.5 Å². The molecule has 3 heterocycles. The third-order valence-electron chi connectivity index (χ3n) is 5.91. The number of hydrogen-bond acceptors (Lipinski definition) is 3. The first-order valence-electron chi connectivity index (χ1n) is 9.27. The molecule has 0 saturated carbocycles. The standard InChI is InChI=1S/C20H27N3O2/c1-22-19-8-9-23(12-14(19)4-3-5-20(22)24)13-16-10-15-11-17(25-2)6-7-18(15)21-16/h6-7,10-11,14,19,21H,3-5,8-9,12-13H2,1-2H3/t14-,19-/m1/s1. The van der Waals surface area contributed by atoms with Crippen LogP contribution in [-0.2, 0) is 11.3 Å². The summed E-state index contributed by atoms with van der Waals surface area (Å²) >= 11 is 0. The van der Waals surface area contributed by atoms with E-state index >= 15 is 0 Å². The Morgan fingerprint density at radius 3 is 3.00 bits per heavy atom. The van der Waals surface area contributed by atoms with E-state index in [9.17, 15) is 4.79 Å². The number of nitrogens with one attached hydrogen (secondary N) is 1. The maximum Gasteiger partial charge on any atom is 0.222 e. The zero-order chi connectivity index (χ0) is 17.4. The minimum Gasteiger partial charge on any atom is -0.497 e. The van der Waals surface area contributed by atoms with Crippen molar-refractivity contribution in [2.75, 3.05) is 27.2 Å². The van der Waals surface area contributed by atoms with Crippen LogP contribution in [0.3, 0.4) is 0 Å². The topological polar surface area (TPSA) is 48.6 Å². The van der Waals surface area contributed by atoms with Gasteiger partial charge in [0, 0.05) is 55.7 Å². The lowest BCUT2D eigenvalue weighted by Gasteiger charge is -2.41. The predicted molar refractivity (Wildman–Crippen MR) is 98.6 cm³/mol. The van der Waals surface area contributed by atoms with Gasteiger partial charge in [0.05, 0.1) is 7.11 Å². The van der Waals surface area contributed by atoms with E-state index in [4.69, 9.17) is 4.74 Å².